The van der Waals surface area contributed by atoms with Gasteiger partial charge in [0.05, 0.1) is 30.6 Å². The quantitative estimate of drug-likeness (QED) is 0.613. The lowest BCUT2D eigenvalue weighted by Gasteiger charge is -2.15. The van der Waals surface area contributed by atoms with E-state index in [0.29, 0.717) is 45.4 Å². The Balaban J connectivity index is 1.92. The van der Waals surface area contributed by atoms with Crippen LogP contribution in [-0.4, -0.2) is 24.2 Å². The summed E-state index contributed by atoms with van der Waals surface area (Å²) in [5.41, 5.74) is 0.945. The maximum Gasteiger partial charge on any atom is 0.146 e. The van der Waals surface area contributed by atoms with E-state index >= 15 is 0 Å². The SMILES string of the molecule is COc1cc(Nc2cc(Nc3ccccc3F)nc(C)n2)c(OC)cc1Cl. The van der Waals surface area contributed by atoms with Gasteiger partial charge in [0.1, 0.15) is 34.8 Å². The van der Waals surface area contributed by atoms with E-state index in [0.717, 1.165) is 0 Å². The fourth-order valence-electron chi connectivity index (χ4n) is 2.49. The third-order valence-electron chi connectivity index (χ3n) is 3.71. The zero-order valence-electron chi connectivity index (χ0n) is 15.0. The van der Waals surface area contributed by atoms with E-state index in [9.17, 15) is 4.39 Å². The van der Waals surface area contributed by atoms with Crippen LogP contribution in [0.25, 0.3) is 0 Å². The first-order valence-corrected chi connectivity index (χ1v) is 8.43. The maximum atomic E-state index is 13.9. The molecule has 0 saturated heterocycles. The van der Waals surface area contributed by atoms with Gasteiger partial charge in [0.25, 0.3) is 0 Å². The van der Waals surface area contributed by atoms with Gasteiger partial charge >= 0.3 is 0 Å². The first-order chi connectivity index (χ1) is 13.0. The van der Waals surface area contributed by atoms with Crippen molar-refractivity contribution in [3.63, 3.8) is 0 Å². The lowest BCUT2D eigenvalue weighted by Crippen LogP contribution is -2.03. The molecule has 2 N–H and O–H groups in total. The monoisotopic (exact) mass is 388 g/mol. The number of benzene rings is 2. The standard InChI is InChI=1S/C19H18ClFN4O2/c1-11-22-18(24-14-7-5-4-6-13(14)21)10-19(23-11)25-15-9-16(26-2)12(20)8-17(15)27-3/h4-10H,1-3H3,(H2,22,23,24,25). The first-order valence-electron chi connectivity index (χ1n) is 8.06. The molecule has 3 rings (SSSR count). The molecule has 140 valence electrons. The van der Waals surface area contributed by atoms with Gasteiger partial charge in [0, 0.05) is 18.2 Å². The molecule has 0 spiro atoms. The molecule has 0 saturated carbocycles. The van der Waals surface area contributed by atoms with Crippen molar-refractivity contribution in [1.82, 2.24) is 9.97 Å². The van der Waals surface area contributed by atoms with Crippen LogP contribution >= 0.6 is 11.6 Å². The number of rotatable bonds is 6. The Bertz CT molecular complexity index is 968. The van der Waals surface area contributed by atoms with E-state index in [-0.39, 0.29) is 5.82 Å². The second kappa shape index (κ2) is 8.09. The molecule has 0 fully saturated rings. The Kier molecular flexibility index (Phi) is 5.61. The lowest BCUT2D eigenvalue weighted by molar-refractivity contribution is 0.405. The minimum atomic E-state index is -0.368. The van der Waals surface area contributed by atoms with Crippen molar-refractivity contribution in [3.05, 3.63) is 59.1 Å². The minimum Gasteiger partial charge on any atom is -0.495 e. The summed E-state index contributed by atoms with van der Waals surface area (Å²) < 4.78 is 24.5. The van der Waals surface area contributed by atoms with E-state index in [1.165, 1.54) is 13.2 Å². The van der Waals surface area contributed by atoms with Crippen molar-refractivity contribution < 1.29 is 13.9 Å². The van der Waals surface area contributed by atoms with Crippen LogP contribution in [0.1, 0.15) is 5.82 Å². The number of hydrogen-bond acceptors (Lipinski definition) is 6. The molecule has 6 nitrogen and oxygen atoms in total. The smallest absolute Gasteiger partial charge is 0.146 e. The molecule has 0 aliphatic carbocycles. The Morgan fingerprint density at radius 3 is 2.15 bits per heavy atom. The number of aryl methyl sites for hydroxylation is 1. The first kappa shape index (κ1) is 18.7. The summed E-state index contributed by atoms with van der Waals surface area (Å²) in [6.45, 7) is 1.75. The van der Waals surface area contributed by atoms with Gasteiger partial charge < -0.3 is 20.1 Å². The second-order valence-corrected chi connectivity index (χ2v) is 6.01. The van der Waals surface area contributed by atoms with Crippen molar-refractivity contribution >= 4 is 34.6 Å². The second-order valence-electron chi connectivity index (χ2n) is 5.60. The van der Waals surface area contributed by atoms with Crippen LogP contribution in [-0.2, 0) is 0 Å². The Morgan fingerprint density at radius 1 is 0.889 bits per heavy atom. The molecule has 0 bridgehead atoms. The molecule has 0 aliphatic heterocycles. The Labute approximate surface area is 161 Å². The summed E-state index contributed by atoms with van der Waals surface area (Å²) in [5.74, 6) is 2.13. The van der Waals surface area contributed by atoms with Crippen LogP contribution in [0.3, 0.4) is 0 Å². The number of aromatic nitrogens is 2. The molecular weight excluding hydrogens is 371 g/mol. The van der Waals surface area contributed by atoms with Crippen molar-refractivity contribution in [2.45, 2.75) is 6.92 Å². The summed E-state index contributed by atoms with van der Waals surface area (Å²) >= 11 is 6.13. The van der Waals surface area contributed by atoms with Crippen molar-refractivity contribution in [3.8, 4) is 11.5 Å². The lowest BCUT2D eigenvalue weighted by atomic mass is 10.2. The van der Waals surface area contributed by atoms with Gasteiger partial charge in [-0.15, -0.1) is 0 Å². The van der Waals surface area contributed by atoms with E-state index < -0.39 is 0 Å². The zero-order valence-corrected chi connectivity index (χ0v) is 15.8. The van der Waals surface area contributed by atoms with Crippen LogP contribution in [0.5, 0.6) is 11.5 Å². The van der Waals surface area contributed by atoms with Crippen LogP contribution in [0.15, 0.2) is 42.5 Å². The molecule has 27 heavy (non-hydrogen) atoms. The molecule has 2 aromatic carbocycles. The number of ether oxygens (including phenoxy) is 2. The average Bonchev–Trinajstić information content (AvgIpc) is 2.64. The highest BCUT2D eigenvalue weighted by molar-refractivity contribution is 6.32. The van der Waals surface area contributed by atoms with Gasteiger partial charge in [-0.2, -0.15) is 0 Å². The Hall–Kier alpha value is -3.06. The number of hydrogen-bond donors (Lipinski definition) is 2. The molecule has 1 heterocycles. The molecule has 0 amide bonds. The number of para-hydroxylation sites is 1. The number of anilines is 4. The van der Waals surface area contributed by atoms with E-state index in [1.54, 1.807) is 50.4 Å². The molecule has 0 aliphatic rings. The number of halogens is 2. The van der Waals surface area contributed by atoms with Crippen LogP contribution in [0.4, 0.5) is 27.4 Å². The highest BCUT2D eigenvalue weighted by atomic mass is 35.5. The molecule has 0 atom stereocenters. The van der Waals surface area contributed by atoms with Crippen molar-refractivity contribution in [1.29, 1.82) is 0 Å². The van der Waals surface area contributed by atoms with Crippen LogP contribution in [0, 0.1) is 12.7 Å². The summed E-state index contributed by atoms with van der Waals surface area (Å²) in [6.07, 6.45) is 0. The summed E-state index contributed by atoms with van der Waals surface area (Å²) in [4.78, 5) is 8.66. The molecule has 8 heteroatoms. The topological polar surface area (TPSA) is 68.3 Å². The summed E-state index contributed by atoms with van der Waals surface area (Å²) in [6, 6.07) is 11.4. The van der Waals surface area contributed by atoms with E-state index in [4.69, 9.17) is 21.1 Å². The Morgan fingerprint density at radius 2 is 1.52 bits per heavy atom. The fraction of sp³-hybridized carbons (Fsp3) is 0.158. The number of methoxy groups -OCH3 is 2. The molecule has 0 unspecified atom stereocenters. The van der Waals surface area contributed by atoms with E-state index in [2.05, 4.69) is 20.6 Å². The number of nitrogens with one attached hydrogen (secondary N) is 2. The normalized spacial score (nSPS) is 10.4. The van der Waals surface area contributed by atoms with Gasteiger partial charge in [-0.3, -0.25) is 0 Å². The number of nitrogens with zero attached hydrogens (tertiary/aromatic N) is 2. The third-order valence-corrected chi connectivity index (χ3v) is 4.01. The molecule has 0 radical (unpaired) electrons. The molecule has 3 aromatic rings. The fourth-order valence-corrected chi connectivity index (χ4v) is 2.72. The van der Waals surface area contributed by atoms with Gasteiger partial charge in [-0.05, 0) is 19.1 Å². The van der Waals surface area contributed by atoms with Gasteiger partial charge in [0.2, 0.25) is 0 Å². The van der Waals surface area contributed by atoms with Crippen LogP contribution in [0.2, 0.25) is 5.02 Å². The van der Waals surface area contributed by atoms with Crippen LogP contribution < -0.4 is 20.1 Å². The predicted octanol–water partition coefficient (Wildman–Crippen LogP) is 5.08. The highest BCUT2D eigenvalue weighted by Crippen LogP contribution is 2.37. The van der Waals surface area contributed by atoms with Gasteiger partial charge in [-0.1, -0.05) is 23.7 Å². The highest BCUT2D eigenvalue weighted by Gasteiger charge is 2.12. The largest absolute Gasteiger partial charge is 0.495 e. The minimum absolute atomic E-state index is 0.326. The molecule has 1 aromatic heterocycles. The zero-order chi connectivity index (χ0) is 19.4. The molecular formula is C19H18ClFN4O2. The van der Waals surface area contributed by atoms with Crippen molar-refractivity contribution in [2.24, 2.45) is 0 Å². The maximum absolute atomic E-state index is 13.9. The average molecular weight is 389 g/mol. The van der Waals surface area contributed by atoms with Gasteiger partial charge in [0.15, 0.2) is 0 Å². The predicted molar refractivity (Wildman–Crippen MR) is 104 cm³/mol. The summed E-state index contributed by atoms with van der Waals surface area (Å²) in [7, 11) is 3.07. The summed E-state index contributed by atoms with van der Waals surface area (Å²) in [5, 5.41) is 6.55. The van der Waals surface area contributed by atoms with E-state index in [1.807, 2.05) is 0 Å². The third kappa shape index (κ3) is 4.38. The van der Waals surface area contributed by atoms with Crippen molar-refractivity contribution in [2.75, 3.05) is 24.9 Å². The van der Waals surface area contributed by atoms with Gasteiger partial charge in [-0.25, -0.2) is 14.4 Å².